The first-order valence-electron chi connectivity index (χ1n) is 8.36. The van der Waals surface area contributed by atoms with Crippen molar-refractivity contribution in [2.45, 2.75) is 51.3 Å². The first-order chi connectivity index (χ1) is 11.5. The van der Waals surface area contributed by atoms with E-state index in [0.29, 0.717) is 17.9 Å². The van der Waals surface area contributed by atoms with Crippen molar-refractivity contribution in [2.24, 2.45) is 0 Å². The minimum Gasteiger partial charge on any atom is -0.444 e. The summed E-state index contributed by atoms with van der Waals surface area (Å²) in [6.07, 6.45) is 2.95. The Labute approximate surface area is 154 Å². The summed E-state index contributed by atoms with van der Waals surface area (Å²) < 4.78 is 19.0. The molecule has 0 heterocycles. The number of likely N-dealkylation sites (N-methyl/N-ethyl adjacent to an activating group) is 1. The van der Waals surface area contributed by atoms with Crippen molar-refractivity contribution in [1.82, 2.24) is 10.2 Å². The minimum absolute atomic E-state index is 0.0716. The highest BCUT2D eigenvalue weighted by Gasteiger charge is 2.30. The molecule has 1 aromatic carbocycles. The number of amides is 1. The van der Waals surface area contributed by atoms with Crippen molar-refractivity contribution in [2.75, 3.05) is 14.1 Å². The average Bonchev–Trinajstić information content (AvgIpc) is 2.44. The summed E-state index contributed by atoms with van der Waals surface area (Å²) in [5.74, 6) is -0.348. The Bertz CT molecular complexity index is 648. The quantitative estimate of drug-likeness (QED) is 0.855. The Morgan fingerprint density at radius 1 is 1.32 bits per heavy atom. The number of hydrogen-bond donors (Lipinski definition) is 1. The largest absolute Gasteiger partial charge is 0.444 e. The zero-order chi connectivity index (χ0) is 18.8. The van der Waals surface area contributed by atoms with Gasteiger partial charge in [-0.3, -0.25) is 0 Å². The lowest BCUT2D eigenvalue weighted by molar-refractivity contribution is 0.0474. The standard InChI is InChI=1S/C19H26ClFN2O2/c1-19(2,3)25-18(24)22-16-7-6-12(10-17(16)23(4)5)13-8-14(20)11-15(21)9-13/h6,8-9,11,16-17H,7,10H2,1-5H3,(H,22,24)/t16-,17-/m0/s1. The summed E-state index contributed by atoms with van der Waals surface area (Å²) in [6.45, 7) is 5.51. The average molecular weight is 369 g/mol. The molecule has 1 amide bonds. The lowest BCUT2D eigenvalue weighted by Crippen LogP contribution is -2.51. The molecule has 4 nitrogen and oxygen atoms in total. The number of hydrogen-bond acceptors (Lipinski definition) is 3. The number of alkyl carbamates (subject to hydrolysis) is 1. The highest BCUT2D eigenvalue weighted by molar-refractivity contribution is 6.30. The van der Waals surface area contributed by atoms with E-state index < -0.39 is 11.7 Å². The maximum atomic E-state index is 13.6. The Morgan fingerprint density at radius 2 is 2.00 bits per heavy atom. The van der Waals surface area contributed by atoms with Gasteiger partial charge >= 0.3 is 6.09 Å². The van der Waals surface area contributed by atoms with Gasteiger partial charge < -0.3 is 15.0 Å². The molecule has 0 bridgehead atoms. The molecule has 1 aliphatic carbocycles. The van der Waals surface area contributed by atoms with Gasteiger partial charge in [0.15, 0.2) is 0 Å². The summed E-state index contributed by atoms with van der Waals surface area (Å²) in [4.78, 5) is 14.2. The molecule has 0 spiro atoms. The van der Waals surface area contributed by atoms with Gasteiger partial charge in [0, 0.05) is 11.1 Å². The van der Waals surface area contributed by atoms with Crippen LogP contribution in [0.3, 0.4) is 0 Å². The maximum absolute atomic E-state index is 13.6. The molecule has 0 fully saturated rings. The first-order valence-corrected chi connectivity index (χ1v) is 8.74. The molecule has 1 aliphatic rings. The zero-order valence-corrected chi connectivity index (χ0v) is 16.2. The van der Waals surface area contributed by atoms with Gasteiger partial charge in [-0.15, -0.1) is 0 Å². The van der Waals surface area contributed by atoms with Crippen LogP contribution in [0.2, 0.25) is 5.02 Å². The van der Waals surface area contributed by atoms with Crippen LogP contribution in [-0.2, 0) is 4.74 Å². The Balaban J connectivity index is 2.17. The molecule has 25 heavy (non-hydrogen) atoms. The normalized spacial score (nSPS) is 21.0. The van der Waals surface area contributed by atoms with Crippen molar-refractivity contribution in [3.8, 4) is 0 Å². The van der Waals surface area contributed by atoms with Crippen molar-refractivity contribution in [3.05, 3.63) is 40.7 Å². The lowest BCUT2D eigenvalue weighted by Gasteiger charge is -2.36. The van der Waals surface area contributed by atoms with Gasteiger partial charge in [0.05, 0.1) is 6.04 Å². The highest BCUT2D eigenvalue weighted by atomic mass is 35.5. The molecule has 1 aromatic rings. The molecule has 0 unspecified atom stereocenters. The smallest absolute Gasteiger partial charge is 0.407 e. The van der Waals surface area contributed by atoms with E-state index in [4.69, 9.17) is 16.3 Å². The van der Waals surface area contributed by atoms with Crippen LogP contribution in [0.4, 0.5) is 9.18 Å². The second-order valence-corrected chi connectivity index (χ2v) is 8.05. The summed E-state index contributed by atoms with van der Waals surface area (Å²) >= 11 is 5.98. The van der Waals surface area contributed by atoms with Gasteiger partial charge in [0.1, 0.15) is 11.4 Å². The monoisotopic (exact) mass is 368 g/mol. The van der Waals surface area contributed by atoms with Gasteiger partial charge in [-0.2, -0.15) is 0 Å². The Kier molecular flexibility index (Phi) is 6.12. The molecular weight excluding hydrogens is 343 g/mol. The predicted octanol–water partition coefficient (Wildman–Crippen LogP) is 4.48. The summed E-state index contributed by atoms with van der Waals surface area (Å²) in [7, 11) is 3.94. The van der Waals surface area contributed by atoms with E-state index >= 15 is 0 Å². The number of ether oxygens (including phenoxy) is 1. The first kappa shape index (κ1) is 19.7. The van der Waals surface area contributed by atoms with Crippen LogP contribution in [-0.4, -0.2) is 42.8 Å². The fraction of sp³-hybridized carbons (Fsp3) is 0.526. The van der Waals surface area contributed by atoms with E-state index in [0.717, 1.165) is 11.1 Å². The number of carbonyl (C=O) groups excluding carboxylic acids is 1. The number of nitrogens with zero attached hydrogens (tertiary/aromatic N) is 1. The number of halogens is 2. The highest BCUT2D eigenvalue weighted by Crippen LogP contribution is 2.31. The molecular formula is C19H26ClFN2O2. The minimum atomic E-state index is -0.536. The third-order valence-corrected chi connectivity index (χ3v) is 4.33. The van der Waals surface area contributed by atoms with E-state index in [-0.39, 0.29) is 17.9 Å². The second kappa shape index (κ2) is 7.75. The van der Waals surface area contributed by atoms with Gasteiger partial charge in [0.25, 0.3) is 0 Å². The number of benzene rings is 1. The van der Waals surface area contributed by atoms with E-state index in [2.05, 4.69) is 10.2 Å². The number of carbonyl (C=O) groups is 1. The molecule has 1 N–H and O–H groups in total. The Hall–Kier alpha value is -1.59. The fourth-order valence-corrected chi connectivity index (χ4v) is 3.23. The molecule has 0 aliphatic heterocycles. The molecule has 6 heteroatoms. The summed E-state index contributed by atoms with van der Waals surface area (Å²) in [5.41, 5.74) is 1.28. The number of rotatable bonds is 3. The third-order valence-electron chi connectivity index (χ3n) is 4.11. The van der Waals surface area contributed by atoms with E-state index in [1.54, 1.807) is 6.07 Å². The predicted molar refractivity (Wildman–Crippen MR) is 99.3 cm³/mol. The Morgan fingerprint density at radius 3 is 2.56 bits per heavy atom. The molecule has 138 valence electrons. The molecule has 0 radical (unpaired) electrons. The van der Waals surface area contributed by atoms with E-state index in [1.807, 2.05) is 40.9 Å². The van der Waals surface area contributed by atoms with Gasteiger partial charge in [0.2, 0.25) is 0 Å². The van der Waals surface area contributed by atoms with E-state index in [1.165, 1.54) is 12.1 Å². The summed E-state index contributed by atoms with van der Waals surface area (Å²) in [5, 5.41) is 3.33. The van der Waals surface area contributed by atoms with Crippen LogP contribution < -0.4 is 5.32 Å². The van der Waals surface area contributed by atoms with Crippen LogP contribution in [0.5, 0.6) is 0 Å². The molecule has 0 saturated carbocycles. The maximum Gasteiger partial charge on any atom is 0.407 e. The van der Waals surface area contributed by atoms with Crippen molar-refractivity contribution in [3.63, 3.8) is 0 Å². The van der Waals surface area contributed by atoms with Gasteiger partial charge in [-0.1, -0.05) is 17.7 Å². The van der Waals surface area contributed by atoms with Crippen molar-refractivity contribution >= 4 is 23.3 Å². The summed E-state index contributed by atoms with van der Waals surface area (Å²) in [6, 6.07) is 4.56. The molecule has 0 saturated heterocycles. The lowest BCUT2D eigenvalue weighted by atomic mass is 9.86. The molecule has 2 rings (SSSR count). The third kappa shape index (κ3) is 5.72. The van der Waals surface area contributed by atoms with E-state index in [9.17, 15) is 9.18 Å². The van der Waals surface area contributed by atoms with Crippen LogP contribution in [0.15, 0.2) is 24.3 Å². The number of nitrogens with one attached hydrogen (secondary N) is 1. The fourth-order valence-electron chi connectivity index (χ4n) is 3.01. The molecule has 0 aromatic heterocycles. The second-order valence-electron chi connectivity index (χ2n) is 7.61. The van der Waals surface area contributed by atoms with Crippen molar-refractivity contribution < 1.29 is 13.9 Å². The topological polar surface area (TPSA) is 41.6 Å². The van der Waals surface area contributed by atoms with Crippen LogP contribution in [0.25, 0.3) is 5.57 Å². The SMILES string of the molecule is CN(C)[C@H]1CC(c2cc(F)cc(Cl)c2)=CC[C@@H]1NC(=O)OC(C)(C)C. The zero-order valence-electron chi connectivity index (χ0n) is 15.4. The van der Waals surface area contributed by atoms with Gasteiger partial charge in [-0.05, 0) is 77.0 Å². The van der Waals surface area contributed by atoms with Crippen molar-refractivity contribution in [1.29, 1.82) is 0 Å². The molecule has 2 atom stereocenters. The van der Waals surface area contributed by atoms with Crippen LogP contribution in [0, 0.1) is 5.82 Å². The van der Waals surface area contributed by atoms with Gasteiger partial charge in [-0.25, -0.2) is 9.18 Å². The van der Waals surface area contributed by atoms with Crippen LogP contribution >= 0.6 is 11.6 Å². The van der Waals surface area contributed by atoms with Crippen LogP contribution in [0.1, 0.15) is 39.2 Å².